The van der Waals surface area contributed by atoms with Crippen LogP contribution in [-0.4, -0.2) is 26.2 Å². The van der Waals surface area contributed by atoms with Crippen LogP contribution in [0, 0.1) is 0 Å². The molecule has 0 bridgehead atoms. The first-order chi connectivity index (χ1) is 3.00. The van der Waals surface area contributed by atoms with Crippen LogP contribution in [0.3, 0.4) is 0 Å². The quantitative estimate of drug-likeness (QED) is 0.430. The van der Waals surface area contributed by atoms with Crippen molar-refractivity contribution in [3.05, 3.63) is 0 Å². The van der Waals surface area contributed by atoms with Crippen molar-refractivity contribution in [2.75, 3.05) is 26.2 Å². The van der Waals surface area contributed by atoms with Crippen molar-refractivity contribution in [3.63, 3.8) is 0 Å². The van der Waals surface area contributed by atoms with Gasteiger partial charge in [-0.3, -0.25) is 0 Å². The molecule has 0 aliphatic carbocycles. The Morgan fingerprint density at radius 1 is 0.545 bits per heavy atom. The zero-order valence-corrected chi connectivity index (χ0v) is 10.2. The van der Waals surface area contributed by atoms with E-state index in [1.165, 1.54) is 0 Å². The normalized spacial score (nSPS) is 13.1. The molecule has 2 N–H and O–H groups in total. The molecule has 1 aliphatic rings. The minimum Gasteiger partial charge on any atom is -1.00 e. The molecule has 1 aliphatic heterocycles. The Labute approximate surface area is 106 Å². The Bertz CT molecular complexity index is 35.6. The standard InChI is InChI=1S/C4H10N2.4ClH.Pd/c1-2-6-4-3-5-1;;;;;/h5-6H,1-4H2;4*1H;/p-4. The minimum absolute atomic E-state index is 0. The van der Waals surface area contributed by atoms with Gasteiger partial charge in [-0.1, -0.05) is 0 Å². The van der Waals surface area contributed by atoms with Gasteiger partial charge in [0.15, 0.2) is 0 Å². The summed E-state index contributed by atoms with van der Waals surface area (Å²) in [6, 6.07) is 0. The molecule has 1 heterocycles. The summed E-state index contributed by atoms with van der Waals surface area (Å²) in [6.07, 6.45) is 0. The molecule has 0 spiro atoms. The van der Waals surface area contributed by atoms with Crippen LogP contribution in [0.4, 0.5) is 0 Å². The molecule has 0 unspecified atom stereocenters. The summed E-state index contributed by atoms with van der Waals surface area (Å²) in [5, 5.41) is 6.44. The van der Waals surface area contributed by atoms with Crippen molar-refractivity contribution < 1.29 is 70.1 Å². The minimum atomic E-state index is 0. The Hall–Kier alpha value is 1.74. The number of hydrogen-bond acceptors (Lipinski definition) is 2. The molecule has 78 valence electrons. The van der Waals surface area contributed by atoms with Crippen molar-refractivity contribution in [2.24, 2.45) is 0 Å². The van der Waals surface area contributed by atoms with Gasteiger partial charge in [0.05, 0.1) is 0 Å². The van der Waals surface area contributed by atoms with E-state index < -0.39 is 0 Å². The summed E-state index contributed by atoms with van der Waals surface area (Å²) in [4.78, 5) is 0. The van der Waals surface area contributed by atoms with E-state index >= 15 is 0 Å². The molecule has 0 amide bonds. The molecule has 11 heavy (non-hydrogen) atoms. The SMILES string of the molecule is C1CNCCN1.[Cl-].[Cl-].[Cl-].[Cl-].[Pd]. The maximum atomic E-state index is 3.22. The third kappa shape index (κ3) is 18.6. The van der Waals surface area contributed by atoms with Crippen molar-refractivity contribution >= 4 is 0 Å². The van der Waals surface area contributed by atoms with E-state index in [1.807, 2.05) is 0 Å². The number of rotatable bonds is 0. The van der Waals surface area contributed by atoms with Gasteiger partial charge in [-0.05, 0) is 0 Å². The van der Waals surface area contributed by atoms with E-state index in [0.717, 1.165) is 26.2 Å². The van der Waals surface area contributed by atoms with E-state index in [9.17, 15) is 0 Å². The molecule has 2 nitrogen and oxygen atoms in total. The molecule has 0 radical (unpaired) electrons. The first-order valence-electron chi connectivity index (χ1n) is 2.41. The van der Waals surface area contributed by atoms with E-state index in [4.69, 9.17) is 0 Å². The molecular weight excluding hydrogens is 324 g/mol. The maximum absolute atomic E-state index is 3.22. The van der Waals surface area contributed by atoms with Crippen molar-refractivity contribution in [1.29, 1.82) is 0 Å². The van der Waals surface area contributed by atoms with Gasteiger partial charge >= 0.3 is 0 Å². The second-order valence-corrected chi connectivity index (χ2v) is 1.50. The van der Waals surface area contributed by atoms with E-state index in [2.05, 4.69) is 10.6 Å². The van der Waals surface area contributed by atoms with Crippen LogP contribution in [-0.2, 0) is 20.4 Å². The van der Waals surface area contributed by atoms with Gasteiger partial charge in [-0.15, -0.1) is 0 Å². The van der Waals surface area contributed by atoms with Gasteiger partial charge in [-0.25, -0.2) is 0 Å². The van der Waals surface area contributed by atoms with Gasteiger partial charge in [0.1, 0.15) is 0 Å². The molecule has 1 fully saturated rings. The van der Waals surface area contributed by atoms with E-state index in [0.29, 0.717) is 0 Å². The monoisotopic (exact) mass is 332 g/mol. The van der Waals surface area contributed by atoms with Crippen LogP contribution in [0.1, 0.15) is 0 Å². The Kier molecular flexibility index (Phi) is 60.2. The second kappa shape index (κ2) is 22.6. The fourth-order valence-corrected chi connectivity index (χ4v) is 0.604. The van der Waals surface area contributed by atoms with E-state index in [-0.39, 0.29) is 70.1 Å². The topological polar surface area (TPSA) is 24.1 Å². The zero-order chi connectivity index (χ0) is 4.24. The summed E-state index contributed by atoms with van der Waals surface area (Å²) < 4.78 is 0. The second-order valence-electron chi connectivity index (χ2n) is 1.50. The van der Waals surface area contributed by atoms with E-state index in [1.54, 1.807) is 0 Å². The summed E-state index contributed by atoms with van der Waals surface area (Å²) in [5.41, 5.74) is 0. The van der Waals surface area contributed by atoms with Gasteiger partial charge < -0.3 is 60.3 Å². The van der Waals surface area contributed by atoms with Gasteiger partial charge in [0.25, 0.3) is 0 Å². The first-order valence-corrected chi connectivity index (χ1v) is 2.41. The Morgan fingerprint density at radius 3 is 0.818 bits per heavy atom. The first kappa shape index (κ1) is 29.3. The number of halogens is 4. The number of nitrogens with one attached hydrogen (secondary N) is 2. The molecular formula is C4H10Cl4N2Pd-4. The molecule has 0 aromatic rings. The van der Waals surface area contributed by atoms with Crippen molar-refractivity contribution in [1.82, 2.24) is 10.6 Å². The summed E-state index contributed by atoms with van der Waals surface area (Å²) in [7, 11) is 0. The number of piperazine rings is 1. The van der Waals surface area contributed by atoms with Crippen LogP contribution in [0.2, 0.25) is 0 Å². The molecule has 7 heteroatoms. The number of hydrogen-bond donors (Lipinski definition) is 2. The average molecular weight is 334 g/mol. The molecule has 0 aromatic heterocycles. The predicted octanol–water partition coefficient (Wildman–Crippen LogP) is -12.8. The molecule has 0 atom stereocenters. The van der Waals surface area contributed by atoms with Crippen molar-refractivity contribution in [2.45, 2.75) is 0 Å². The molecule has 0 saturated carbocycles. The Morgan fingerprint density at radius 2 is 0.727 bits per heavy atom. The maximum Gasteiger partial charge on any atom is 0.00772 e. The molecule has 0 aromatic carbocycles. The molecule has 1 saturated heterocycles. The summed E-state index contributed by atoms with van der Waals surface area (Å²) in [5.74, 6) is 0. The van der Waals surface area contributed by atoms with Gasteiger partial charge in [0, 0.05) is 46.6 Å². The third-order valence-electron chi connectivity index (χ3n) is 0.957. The Balaban J connectivity index is -0.0000000240. The fourth-order valence-electron chi connectivity index (χ4n) is 0.604. The van der Waals surface area contributed by atoms with Crippen LogP contribution in [0.5, 0.6) is 0 Å². The van der Waals surface area contributed by atoms with Crippen molar-refractivity contribution in [3.8, 4) is 0 Å². The smallest absolute Gasteiger partial charge is 0.00772 e. The average Bonchev–Trinajstić information content (AvgIpc) is 1.72. The predicted molar refractivity (Wildman–Crippen MR) is 25.7 cm³/mol. The summed E-state index contributed by atoms with van der Waals surface area (Å²) >= 11 is 0. The largest absolute Gasteiger partial charge is 1.00 e. The van der Waals surface area contributed by atoms with Crippen LogP contribution >= 0.6 is 0 Å². The fraction of sp³-hybridized carbons (Fsp3) is 1.00. The van der Waals surface area contributed by atoms with Crippen LogP contribution in [0.25, 0.3) is 0 Å². The van der Waals surface area contributed by atoms with Crippen LogP contribution < -0.4 is 60.3 Å². The zero-order valence-electron chi connectivity index (χ0n) is 5.66. The van der Waals surface area contributed by atoms with Crippen LogP contribution in [0.15, 0.2) is 0 Å². The third-order valence-corrected chi connectivity index (χ3v) is 0.957. The summed E-state index contributed by atoms with van der Waals surface area (Å²) in [6.45, 7) is 4.56. The van der Waals surface area contributed by atoms with Gasteiger partial charge in [0.2, 0.25) is 0 Å². The van der Waals surface area contributed by atoms with Gasteiger partial charge in [-0.2, -0.15) is 0 Å². The molecule has 1 rings (SSSR count).